The summed E-state index contributed by atoms with van der Waals surface area (Å²) in [5, 5.41) is 16.6. The van der Waals surface area contributed by atoms with Gasteiger partial charge in [-0.05, 0) is 92.4 Å². The predicted molar refractivity (Wildman–Crippen MR) is 182 cm³/mol. The Morgan fingerprint density at radius 3 is 1.89 bits per heavy atom. The van der Waals surface area contributed by atoms with Gasteiger partial charge in [-0.25, -0.2) is 9.59 Å². The Kier molecular flexibility index (Phi) is 13.5. The van der Waals surface area contributed by atoms with E-state index in [2.05, 4.69) is 10.6 Å². The van der Waals surface area contributed by atoms with Crippen LogP contribution in [0.2, 0.25) is 0 Å². The monoisotopic (exact) mass is 657 g/mol. The summed E-state index contributed by atoms with van der Waals surface area (Å²) >= 11 is 1.50. The highest BCUT2D eigenvalue weighted by atomic mass is 32.2. The van der Waals surface area contributed by atoms with E-state index in [-0.39, 0.29) is 24.2 Å². The first-order chi connectivity index (χ1) is 21.2. The van der Waals surface area contributed by atoms with Crippen molar-refractivity contribution in [3.05, 3.63) is 65.7 Å². The summed E-state index contributed by atoms with van der Waals surface area (Å²) in [5.74, 6) is -1.55. The number of ether oxygens (including phenoxy) is 2. The summed E-state index contributed by atoms with van der Waals surface area (Å²) < 4.78 is 11.1. The molecule has 0 aliphatic carbocycles. The molecule has 2 rings (SSSR count). The molecule has 2 aromatic rings. The quantitative estimate of drug-likeness (QED) is 0.245. The fourth-order valence-electron chi connectivity index (χ4n) is 4.74. The van der Waals surface area contributed by atoms with Crippen molar-refractivity contribution in [3.63, 3.8) is 0 Å². The SMILES string of the molecule is CSCCC(NC(=O)OC(C)(C)C)C(=O)N(C(C(=O)NC(Cc1ccccc1)C(=O)OC(C)(C)C)c1ccccc1O)C(C)(C)C. The van der Waals surface area contributed by atoms with E-state index in [0.717, 1.165) is 5.56 Å². The Morgan fingerprint density at radius 1 is 0.804 bits per heavy atom. The molecule has 46 heavy (non-hydrogen) atoms. The number of benzene rings is 2. The third kappa shape index (κ3) is 12.2. The van der Waals surface area contributed by atoms with Crippen LogP contribution in [0.1, 0.15) is 85.9 Å². The number of carbonyl (C=O) groups is 4. The van der Waals surface area contributed by atoms with Gasteiger partial charge in [0.1, 0.15) is 35.1 Å². The molecule has 3 amide bonds. The average Bonchev–Trinajstić information content (AvgIpc) is 2.91. The van der Waals surface area contributed by atoms with E-state index in [1.54, 1.807) is 80.5 Å². The predicted octanol–water partition coefficient (Wildman–Crippen LogP) is 5.78. The van der Waals surface area contributed by atoms with Crippen molar-refractivity contribution in [1.29, 1.82) is 0 Å². The smallest absolute Gasteiger partial charge is 0.408 e. The topological polar surface area (TPSA) is 134 Å². The molecule has 11 heteroatoms. The van der Waals surface area contributed by atoms with Gasteiger partial charge in [-0.2, -0.15) is 11.8 Å². The zero-order chi connectivity index (χ0) is 34.9. The van der Waals surface area contributed by atoms with E-state index in [0.29, 0.717) is 5.75 Å². The number of phenolic OH excluding ortho intramolecular Hbond substituents is 1. The van der Waals surface area contributed by atoms with Gasteiger partial charge >= 0.3 is 12.1 Å². The number of hydrogen-bond donors (Lipinski definition) is 3. The Bertz CT molecular complexity index is 1330. The van der Waals surface area contributed by atoms with Crippen LogP contribution in [-0.4, -0.2) is 74.7 Å². The van der Waals surface area contributed by atoms with E-state index < -0.39 is 58.7 Å². The number of hydrogen-bond acceptors (Lipinski definition) is 8. The van der Waals surface area contributed by atoms with Gasteiger partial charge in [-0.15, -0.1) is 0 Å². The van der Waals surface area contributed by atoms with E-state index in [1.165, 1.54) is 22.7 Å². The zero-order valence-corrected chi connectivity index (χ0v) is 29.6. The van der Waals surface area contributed by atoms with Crippen LogP contribution in [0.4, 0.5) is 4.79 Å². The standard InChI is InChI=1S/C35H51N3O7S/c1-33(2,3)38(30(41)25(20-21-46-10)37-32(43)45-35(7,8)9)28(24-18-14-15-19-27(24)39)29(40)36-26(31(42)44-34(4,5)6)22-23-16-12-11-13-17-23/h11-19,25-26,28,39H,20-22H2,1-10H3,(H,36,40)(H,37,43). The van der Waals surface area contributed by atoms with E-state index in [9.17, 15) is 24.3 Å². The third-order valence-electron chi connectivity index (χ3n) is 6.59. The Hall–Kier alpha value is -3.73. The van der Waals surface area contributed by atoms with E-state index >= 15 is 0 Å². The molecular formula is C35H51N3O7S. The summed E-state index contributed by atoms with van der Waals surface area (Å²) in [7, 11) is 0. The van der Waals surface area contributed by atoms with Gasteiger partial charge < -0.3 is 30.1 Å². The fraction of sp³-hybridized carbons (Fsp3) is 0.543. The first-order valence-corrected chi connectivity index (χ1v) is 16.8. The number of nitrogens with one attached hydrogen (secondary N) is 2. The van der Waals surface area contributed by atoms with Crippen molar-refractivity contribution in [2.75, 3.05) is 12.0 Å². The molecule has 0 fully saturated rings. The molecule has 0 aromatic heterocycles. The first kappa shape index (κ1) is 38.5. The zero-order valence-electron chi connectivity index (χ0n) is 28.8. The number of amides is 3. The van der Waals surface area contributed by atoms with Crippen molar-refractivity contribution in [3.8, 4) is 5.75 Å². The number of carbonyl (C=O) groups excluding carboxylic acids is 4. The maximum absolute atomic E-state index is 14.5. The largest absolute Gasteiger partial charge is 0.508 e. The summed E-state index contributed by atoms with van der Waals surface area (Å²) in [6.07, 6.45) is 1.51. The molecule has 0 heterocycles. The highest BCUT2D eigenvalue weighted by Crippen LogP contribution is 2.35. The normalized spacial score (nSPS) is 14.0. The lowest BCUT2D eigenvalue weighted by Crippen LogP contribution is -2.59. The lowest BCUT2D eigenvalue weighted by atomic mass is 9.94. The molecule has 0 aliphatic rings. The van der Waals surface area contributed by atoms with E-state index in [4.69, 9.17) is 9.47 Å². The van der Waals surface area contributed by atoms with Crippen molar-refractivity contribution in [2.24, 2.45) is 0 Å². The molecule has 0 saturated carbocycles. The lowest BCUT2D eigenvalue weighted by Gasteiger charge is -2.43. The van der Waals surface area contributed by atoms with Crippen molar-refractivity contribution in [1.82, 2.24) is 15.5 Å². The second-order valence-electron chi connectivity index (χ2n) is 14.1. The molecular weight excluding hydrogens is 606 g/mol. The Morgan fingerprint density at radius 2 is 1.37 bits per heavy atom. The van der Waals surface area contributed by atoms with Crippen LogP contribution in [0.25, 0.3) is 0 Å². The van der Waals surface area contributed by atoms with Crippen LogP contribution in [0, 0.1) is 0 Å². The van der Waals surface area contributed by atoms with Crippen LogP contribution >= 0.6 is 11.8 Å². The molecule has 0 aliphatic heterocycles. The average molecular weight is 658 g/mol. The minimum atomic E-state index is -1.38. The van der Waals surface area contributed by atoms with Crippen LogP contribution in [0.3, 0.4) is 0 Å². The van der Waals surface area contributed by atoms with E-state index in [1.807, 2.05) is 36.6 Å². The van der Waals surface area contributed by atoms with Gasteiger partial charge in [-0.3, -0.25) is 9.59 Å². The summed E-state index contributed by atoms with van der Waals surface area (Å²) in [6, 6.07) is 11.9. The number of thioether (sulfide) groups is 1. The number of nitrogens with zero attached hydrogens (tertiary/aromatic N) is 1. The lowest BCUT2D eigenvalue weighted by molar-refractivity contribution is -0.159. The molecule has 3 unspecified atom stereocenters. The van der Waals surface area contributed by atoms with Crippen LogP contribution in [0.5, 0.6) is 5.75 Å². The number of alkyl carbamates (subject to hydrolysis) is 1. The summed E-state index contributed by atoms with van der Waals surface area (Å²) in [5.41, 5.74) is -1.66. The second kappa shape index (κ2) is 16.2. The van der Waals surface area contributed by atoms with Crippen molar-refractivity contribution in [2.45, 2.75) is 110 Å². The Labute approximate surface area is 278 Å². The number of para-hydroxylation sites is 1. The highest BCUT2D eigenvalue weighted by Gasteiger charge is 2.43. The van der Waals surface area contributed by atoms with Crippen LogP contribution in [-0.2, 0) is 30.3 Å². The van der Waals surface area contributed by atoms with Gasteiger partial charge in [0.2, 0.25) is 11.8 Å². The maximum Gasteiger partial charge on any atom is 0.408 e. The van der Waals surface area contributed by atoms with Crippen molar-refractivity contribution >= 4 is 35.6 Å². The summed E-state index contributed by atoms with van der Waals surface area (Å²) in [4.78, 5) is 56.7. The molecule has 3 N–H and O–H groups in total. The second-order valence-corrected chi connectivity index (χ2v) is 15.1. The molecule has 0 saturated heterocycles. The fourth-order valence-corrected chi connectivity index (χ4v) is 5.21. The summed E-state index contributed by atoms with van der Waals surface area (Å²) in [6.45, 7) is 15.7. The van der Waals surface area contributed by atoms with Gasteiger partial charge in [0.15, 0.2) is 0 Å². The maximum atomic E-state index is 14.5. The first-order valence-electron chi connectivity index (χ1n) is 15.4. The van der Waals surface area contributed by atoms with Crippen molar-refractivity contribution < 1.29 is 33.8 Å². The molecule has 2 aromatic carbocycles. The molecule has 10 nitrogen and oxygen atoms in total. The molecule has 0 radical (unpaired) electrons. The third-order valence-corrected chi connectivity index (χ3v) is 7.23. The van der Waals surface area contributed by atoms with Gasteiger partial charge in [0, 0.05) is 17.5 Å². The van der Waals surface area contributed by atoms with Gasteiger partial charge in [0.05, 0.1) is 0 Å². The minimum Gasteiger partial charge on any atom is -0.508 e. The van der Waals surface area contributed by atoms with Gasteiger partial charge in [0.25, 0.3) is 0 Å². The van der Waals surface area contributed by atoms with Gasteiger partial charge in [-0.1, -0.05) is 48.5 Å². The molecule has 0 bridgehead atoms. The number of aromatic hydroxyl groups is 1. The van der Waals surface area contributed by atoms with Crippen LogP contribution < -0.4 is 10.6 Å². The Balaban J connectivity index is 2.65. The highest BCUT2D eigenvalue weighted by molar-refractivity contribution is 7.98. The molecule has 3 atom stereocenters. The minimum absolute atomic E-state index is 0.134. The number of rotatable bonds is 12. The van der Waals surface area contributed by atoms with Crippen LogP contribution in [0.15, 0.2) is 54.6 Å². The molecule has 0 spiro atoms. The number of phenols is 1. The number of esters is 1. The molecule has 254 valence electrons.